The normalized spacial score (nSPS) is 10.3. The smallest absolute Gasteiger partial charge is 0.136 e. The minimum absolute atomic E-state index is 0.654. The Bertz CT molecular complexity index is 508. The number of hydrogen-bond acceptors (Lipinski definition) is 3. The van der Waals surface area contributed by atoms with Crippen LogP contribution in [0.3, 0.4) is 0 Å². The summed E-state index contributed by atoms with van der Waals surface area (Å²) in [6, 6.07) is 7.83. The highest BCUT2D eigenvalue weighted by atomic mass is 79.9. The van der Waals surface area contributed by atoms with Crippen molar-refractivity contribution in [1.29, 1.82) is 0 Å². The maximum atomic E-state index is 5.34. The van der Waals surface area contributed by atoms with Gasteiger partial charge in [0.05, 0.1) is 24.4 Å². The second-order valence-corrected chi connectivity index (χ2v) is 4.58. The van der Waals surface area contributed by atoms with E-state index in [9.17, 15) is 0 Å². The molecule has 2 rings (SSSR count). The maximum Gasteiger partial charge on any atom is 0.136 e. The number of furan rings is 1. The summed E-state index contributed by atoms with van der Waals surface area (Å²) in [5, 5.41) is 3.33. The summed E-state index contributed by atoms with van der Waals surface area (Å²) >= 11 is 3.43. The number of anilines is 1. The highest BCUT2D eigenvalue weighted by molar-refractivity contribution is 9.10. The molecule has 0 amide bonds. The highest BCUT2D eigenvalue weighted by Crippen LogP contribution is 2.23. The molecule has 0 bridgehead atoms. The van der Waals surface area contributed by atoms with Crippen molar-refractivity contribution in [1.82, 2.24) is 0 Å². The van der Waals surface area contributed by atoms with Gasteiger partial charge in [-0.2, -0.15) is 0 Å². The average Bonchev–Trinajstić information content (AvgIpc) is 2.73. The molecule has 0 aliphatic rings. The van der Waals surface area contributed by atoms with E-state index in [0.717, 1.165) is 27.2 Å². The Morgan fingerprint density at radius 2 is 2.18 bits per heavy atom. The van der Waals surface area contributed by atoms with Crippen LogP contribution in [0.25, 0.3) is 0 Å². The molecule has 1 aromatic heterocycles. The van der Waals surface area contributed by atoms with E-state index < -0.39 is 0 Å². The van der Waals surface area contributed by atoms with Gasteiger partial charge in [-0.1, -0.05) is 0 Å². The van der Waals surface area contributed by atoms with Crippen LogP contribution in [0.15, 0.2) is 39.4 Å². The van der Waals surface area contributed by atoms with Crippen molar-refractivity contribution < 1.29 is 9.15 Å². The van der Waals surface area contributed by atoms with Crippen molar-refractivity contribution in [2.75, 3.05) is 12.4 Å². The number of benzene rings is 1. The Morgan fingerprint density at radius 3 is 2.76 bits per heavy atom. The van der Waals surface area contributed by atoms with E-state index in [0.29, 0.717) is 6.54 Å². The first kappa shape index (κ1) is 12.0. The summed E-state index contributed by atoms with van der Waals surface area (Å²) in [5.41, 5.74) is 2.22. The molecule has 90 valence electrons. The molecule has 17 heavy (non-hydrogen) atoms. The molecule has 1 heterocycles. The van der Waals surface area contributed by atoms with Crippen LogP contribution in [-0.2, 0) is 6.54 Å². The number of halogens is 1. The van der Waals surface area contributed by atoms with Crippen LogP contribution < -0.4 is 10.1 Å². The van der Waals surface area contributed by atoms with E-state index >= 15 is 0 Å². The van der Waals surface area contributed by atoms with Gasteiger partial charge in [-0.15, -0.1) is 0 Å². The van der Waals surface area contributed by atoms with Crippen molar-refractivity contribution >= 4 is 21.6 Å². The van der Waals surface area contributed by atoms with E-state index in [2.05, 4.69) is 21.2 Å². The molecule has 0 fully saturated rings. The molecule has 0 atom stereocenters. The zero-order valence-corrected chi connectivity index (χ0v) is 11.4. The molecule has 0 spiro atoms. The van der Waals surface area contributed by atoms with Crippen molar-refractivity contribution in [3.8, 4) is 5.75 Å². The van der Waals surface area contributed by atoms with Gasteiger partial charge in [0.25, 0.3) is 0 Å². The van der Waals surface area contributed by atoms with Gasteiger partial charge in [-0.05, 0) is 52.7 Å². The van der Waals surface area contributed by atoms with Crippen LogP contribution in [0.1, 0.15) is 11.3 Å². The summed E-state index contributed by atoms with van der Waals surface area (Å²) in [5.74, 6) is 1.76. The fraction of sp³-hybridized carbons (Fsp3) is 0.231. The number of aryl methyl sites for hydroxylation is 1. The van der Waals surface area contributed by atoms with E-state index in [4.69, 9.17) is 9.15 Å². The van der Waals surface area contributed by atoms with E-state index in [1.165, 1.54) is 0 Å². The molecule has 0 aliphatic heterocycles. The van der Waals surface area contributed by atoms with Crippen LogP contribution in [0.4, 0.5) is 5.69 Å². The third-order valence-electron chi connectivity index (χ3n) is 2.56. The van der Waals surface area contributed by atoms with Gasteiger partial charge in [-0.25, -0.2) is 0 Å². The number of ether oxygens (including phenoxy) is 1. The van der Waals surface area contributed by atoms with Gasteiger partial charge < -0.3 is 14.5 Å². The first-order valence-electron chi connectivity index (χ1n) is 5.31. The molecule has 2 aromatic rings. The highest BCUT2D eigenvalue weighted by Gasteiger charge is 2.04. The van der Waals surface area contributed by atoms with Gasteiger partial charge in [0.1, 0.15) is 11.5 Å². The summed E-state index contributed by atoms with van der Waals surface area (Å²) in [4.78, 5) is 0. The number of rotatable bonds is 4. The average molecular weight is 296 g/mol. The van der Waals surface area contributed by atoms with Gasteiger partial charge in [0.2, 0.25) is 0 Å². The lowest BCUT2D eigenvalue weighted by atomic mass is 10.2. The molecule has 0 saturated heterocycles. The summed E-state index contributed by atoms with van der Waals surface area (Å²) < 4.78 is 11.5. The number of hydrogen-bond donors (Lipinski definition) is 1. The lowest BCUT2D eigenvalue weighted by molar-refractivity contribution is 0.414. The van der Waals surface area contributed by atoms with Crippen molar-refractivity contribution in [3.63, 3.8) is 0 Å². The second kappa shape index (κ2) is 5.27. The molecular weight excluding hydrogens is 282 g/mol. The van der Waals surface area contributed by atoms with Gasteiger partial charge >= 0.3 is 0 Å². The minimum Gasteiger partial charge on any atom is -0.497 e. The number of nitrogens with one attached hydrogen (secondary N) is 1. The molecule has 1 aromatic carbocycles. The van der Waals surface area contributed by atoms with Crippen LogP contribution in [0.2, 0.25) is 0 Å². The van der Waals surface area contributed by atoms with Gasteiger partial charge in [0.15, 0.2) is 0 Å². The van der Waals surface area contributed by atoms with Crippen LogP contribution in [-0.4, -0.2) is 7.11 Å². The SMILES string of the molecule is COc1ccc(NCc2occc2Br)c(C)c1. The zero-order valence-electron chi connectivity index (χ0n) is 9.79. The summed E-state index contributed by atoms with van der Waals surface area (Å²) in [7, 11) is 1.67. The van der Waals surface area contributed by atoms with Gasteiger partial charge in [-0.3, -0.25) is 0 Å². The van der Waals surface area contributed by atoms with Crippen LogP contribution >= 0.6 is 15.9 Å². The lowest BCUT2D eigenvalue weighted by Crippen LogP contribution is -2.00. The molecule has 0 unspecified atom stereocenters. The molecule has 4 heteroatoms. The van der Waals surface area contributed by atoms with Crippen LogP contribution in [0.5, 0.6) is 5.75 Å². The molecule has 3 nitrogen and oxygen atoms in total. The van der Waals surface area contributed by atoms with Gasteiger partial charge in [0, 0.05) is 5.69 Å². The monoisotopic (exact) mass is 295 g/mol. The molecule has 0 radical (unpaired) electrons. The van der Waals surface area contributed by atoms with Crippen molar-refractivity contribution in [2.45, 2.75) is 13.5 Å². The molecular formula is C13H14BrNO2. The third kappa shape index (κ3) is 2.82. The Labute approximate surface area is 109 Å². The Balaban J connectivity index is 2.07. The molecule has 0 aliphatic carbocycles. The standard InChI is InChI=1S/C13H14BrNO2/c1-9-7-10(16-2)3-4-12(9)15-8-13-11(14)5-6-17-13/h3-7,15H,8H2,1-2H3. The van der Waals surface area contributed by atoms with E-state index in [1.807, 2.05) is 31.2 Å². The lowest BCUT2D eigenvalue weighted by Gasteiger charge is -2.10. The van der Waals surface area contributed by atoms with Crippen LogP contribution in [0, 0.1) is 6.92 Å². The first-order chi connectivity index (χ1) is 8.20. The van der Waals surface area contributed by atoms with Crippen molar-refractivity contribution in [3.05, 3.63) is 46.3 Å². The second-order valence-electron chi connectivity index (χ2n) is 3.73. The third-order valence-corrected chi connectivity index (χ3v) is 3.27. The largest absolute Gasteiger partial charge is 0.497 e. The summed E-state index contributed by atoms with van der Waals surface area (Å²) in [6.07, 6.45) is 1.67. The van der Waals surface area contributed by atoms with E-state index in [1.54, 1.807) is 13.4 Å². The zero-order chi connectivity index (χ0) is 12.3. The molecule has 1 N–H and O–H groups in total. The Hall–Kier alpha value is -1.42. The van der Waals surface area contributed by atoms with E-state index in [-0.39, 0.29) is 0 Å². The Kier molecular flexibility index (Phi) is 3.74. The summed E-state index contributed by atoms with van der Waals surface area (Å²) in [6.45, 7) is 2.70. The van der Waals surface area contributed by atoms with Crippen molar-refractivity contribution in [2.24, 2.45) is 0 Å². The Morgan fingerprint density at radius 1 is 1.35 bits per heavy atom. The topological polar surface area (TPSA) is 34.4 Å². The number of methoxy groups -OCH3 is 1. The quantitative estimate of drug-likeness (QED) is 0.927. The minimum atomic E-state index is 0.654. The predicted molar refractivity (Wildman–Crippen MR) is 71.5 cm³/mol. The maximum absolute atomic E-state index is 5.34. The predicted octanol–water partition coefficient (Wildman–Crippen LogP) is 3.97. The fourth-order valence-corrected chi connectivity index (χ4v) is 1.93. The first-order valence-corrected chi connectivity index (χ1v) is 6.10. The molecule has 0 saturated carbocycles. The fourth-order valence-electron chi connectivity index (χ4n) is 1.59.